The first kappa shape index (κ1) is 21.7. The first-order valence-corrected chi connectivity index (χ1v) is 11.9. The second-order valence-electron chi connectivity index (χ2n) is 7.88. The normalized spacial score (nSPS) is 17.6. The van der Waals surface area contributed by atoms with Crippen molar-refractivity contribution in [3.05, 3.63) is 29.3 Å². The van der Waals surface area contributed by atoms with E-state index in [0.29, 0.717) is 12.1 Å². The predicted octanol–water partition coefficient (Wildman–Crippen LogP) is 4.08. The van der Waals surface area contributed by atoms with Crippen molar-refractivity contribution in [3.63, 3.8) is 0 Å². The summed E-state index contributed by atoms with van der Waals surface area (Å²) in [4.78, 5) is 13.1. The second kappa shape index (κ2) is 9.58. The number of amides is 1. The van der Waals surface area contributed by atoms with Gasteiger partial charge in [-0.05, 0) is 56.4 Å². The maximum absolute atomic E-state index is 13.1. The Morgan fingerprint density at radius 3 is 2.07 bits per heavy atom. The van der Waals surface area contributed by atoms with Crippen molar-refractivity contribution in [1.29, 1.82) is 0 Å². The highest BCUT2D eigenvalue weighted by Crippen LogP contribution is 2.26. The highest BCUT2D eigenvalue weighted by Gasteiger charge is 2.32. The van der Waals surface area contributed by atoms with Crippen LogP contribution < -0.4 is 9.62 Å². The number of benzene rings is 1. The van der Waals surface area contributed by atoms with Crippen molar-refractivity contribution in [1.82, 2.24) is 5.32 Å². The molecule has 1 saturated carbocycles. The van der Waals surface area contributed by atoms with Crippen LogP contribution in [0.1, 0.15) is 69.4 Å². The Bertz CT molecular complexity index is 718. The molecule has 1 aliphatic rings. The molecule has 0 aliphatic heterocycles. The Balaban J connectivity index is 2.27. The molecule has 0 radical (unpaired) electrons. The molecule has 1 N–H and O–H groups in total. The van der Waals surface area contributed by atoms with E-state index in [-0.39, 0.29) is 11.9 Å². The number of sulfonamides is 1. The molecule has 0 bridgehead atoms. The van der Waals surface area contributed by atoms with E-state index in [0.717, 1.165) is 36.8 Å². The molecule has 0 aromatic heterocycles. The quantitative estimate of drug-likeness (QED) is 0.791. The molecule has 5 nitrogen and oxygen atoms in total. The molecule has 27 heavy (non-hydrogen) atoms. The fraction of sp³-hybridized carbons (Fsp3) is 0.667. The average Bonchev–Trinajstić information content (AvgIpc) is 2.52. The van der Waals surface area contributed by atoms with Crippen LogP contribution in [0.5, 0.6) is 0 Å². The maximum atomic E-state index is 13.1. The van der Waals surface area contributed by atoms with Crippen molar-refractivity contribution in [2.45, 2.75) is 84.2 Å². The minimum Gasteiger partial charge on any atom is -0.352 e. The van der Waals surface area contributed by atoms with Gasteiger partial charge in [-0.3, -0.25) is 9.10 Å². The molecule has 1 aromatic rings. The number of anilines is 1. The zero-order chi connectivity index (χ0) is 20.0. The van der Waals surface area contributed by atoms with E-state index >= 15 is 0 Å². The lowest BCUT2D eigenvalue weighted by molar-refractivity contribution is -0.123. The van der Waals surface area contributed by atoms with Crippen LogP contribution in [0.2, 0.25) is 0 Å². The largest absolute Gasteiger partial charge is 0.352 e. The molecule has 152 valence electrons. The van der Waals surface area contributed by atoms with E-state index < -0.39 is 16.1 Å². The molecule has 1 aromatic carbocycles. The van der Waals surface area contributed by atoms with Crippen molar-refractivity contribution in [3.8, 4) is 0 Å². The Kier molecular flexibility index (Phi) is 7.71. The lowest BCUT2D eigenvalue weighted by atomic mass is 9.96. The summed E-state index contributed by atoms with van der Waals surface area (Å²) in [6, 6.07) is 5.08. The van der Waals surface area contributed by atoms with Gasteiger partial charge in [0.25, 0.3) is 0 Å². The Morgan fingerprint density at radius 1 is 1.07 bits per heavy atom. The Labute approximate surface area is 164 Å². The number of aryl methyl sites for hydroxylation is 2. The molecule has 0 saturated heterocycles. The first-order valence-electron chi connectivity index (χ1n) is 10.1. The van der Waals surface area contributed by atoms with Gasteiger partial charge in [-0.15, -0.1) is 0 Å². The van der Waals surface area contributed by atoms with E-state index in [1.807, 2.05) is 39.0 Å². The van der Waals surface area contributed by atoms with Crippen LogP contribution in [-0.4, -0.2) is 32.7 Å². The van der Waals surface area contributed by atoms with Crippen LogP contribution in [-0.2, 0) is 14.8 Å². The van der Waals surface area contributed by atoms with E-state index in [1.54, 1.807) is 0 Å². The monoisotopic (exact) mass is 394 g/mol. The van der Waals surface area contributed by atoms with Crippen LogP contribution in [0.4, 0.5) is 5.69 Å². The SMILES string of the molecule is CC[C@H](C(=O)NC1CCCCCCC1)N(c1cc(C)cc(C)c1)S(C)(=O)=O. The summed E-state index contributed by atoms with van der Waals surface area (Å²) >= 11 is 0. The molecular formula is C21H34N2O3S. The van der Waals surface area contributed by atoms with E-state index in [4.69, 9.17) is 0 Å². The Hall–Kier alpha value is -1.56. The van der Waals surface area contributed by atoms with Crippen molar-refractivity contribution in [2.24, 2.45) is 0 Å². The summed E-state index contributed by atoms with van der Waals surface area (Å²) < 4.78 is 26.5. The van der Waals surface area contributed by atoms with Gasteiger partial charge in [0, 0.05) is 6.04 Å². The van der Waals surface area contributed by atoms with Gasteiger partial charge < -0.3 is 5.32 Å². The molecule has 6 heteroatoms. The summed E-state index contributed by atoms with van der Waals surface area (Å²) in [5.41, 5.74) is 2.53. The minimum absolute atomic E-state index is 0.146. The molecule has 1 atom stereocenters. The topological polar surface area (TPSA) is 66.5 Å². The minimum atomic E-state index is -3.59. The molecule has 0 heterocycles. The third-order valence-corrected chi connectivity index (χ3v) is 6.42. The molecule has 0 unspecified atom stereocenters. The van der Waals surface area contributed by atoms with Crippen LogP contribution in [0.15, 0.2) is 18.2 Å². The number of nitrogens with one attached hydrogen (secondary N) is 1. The number of rotatable bonds is 6. The summed E-state index contributed by atoms with van der Waals surface area (Å²) in [6.45, 7) is 5.74. The maximum Gasteiger partial charge on any atom is 0.244 e. The second-order valence-corrected chi connectivity index (χ2v) is 9.74. The van der Waals surface area contributed by atoms with E-state index in [9.17, 15) is 13.2 Å². The van der Waals surface area contributed by atoms with Crippen LogP contribution in [0.25, 0.3) is 0 Å². The van der Waals surface area contributed by atoms with Gasteiger partial charge in [0.05, 0.1) is 11.9 Å². The molecule has 1 aliphatic carbocycles. The smallest absolute Gasteiger partial charge is 0.244 e. The lowest BCUT2D eigenvalue weighted by Gasteiger charge is -2.32. The first-order chi connectivity index (χ1) is 12.7. The highest BCUT2D eigenvalue weighted by atomic mass is 32.2. The van der Waals surface area contributed by atoms with Crippen LogP contribution in [0, 0.1) is 13.8 Å². The number of carbonyl (C=O) groups is 1. The standard InChI is InChI=1S/C21H34N2O3S/c1-5-20(21(24)22-18-11-9-7-6-8-10-12-18)23(27(4,25)26)19-14-16(2)13-17(3)15-19/h13-15,18,20H,5-12H2,1-4H3,(H,22,24)/t20-/m1/s1. The number of hydrogen-bond acceptors (Lipinski definition) is 3. The number of nitrogens with zero attached hydrogens (tertiary/aromatic N) is 1. The van der Waals surface area contributed by atoms with Gasteiger partial charge in [-0.25, -0.2) is 8.42 Å². The molecule has 2 rings (SSSR count). The summed E-state index contributed by atoms with van der Waals surface area (Å²) in [5, 5.41) is 3.14. The fourth-order valence-electron chi connectivity index (χ4n) is 4.04. The Morgan fingerprint density at radius 2 is 1.59 bits per heavy atom. The number of hydrogen-bond donors (Lipinski definition) is 1. The van der Waals surface area contributed by atoms with Gasteiger partial charge in [0.1, 0.15) is 6.04 Å². The fourth-order valence-corrected chi connectivity index (χ4v) is 5.23. The third-order valence-electron chi connectivity index (χ3n) is 5.24. The van der Waals surface area contributed by atoms with E-state index in [1.165, 1.54) is 29.8 Å². The summed E-state index contributed by atoms with van der Waals surface area (Å²) in [6.07, 6.45) is 9.49. The third kappa shape index (κ3) is 6.23. The van der Waals surface area contributed by atoms with Gasteiger partial charge >= 0.3 is 0 Å². The van der Waals surface area contributed by atoms with Gasteiger partial charge in [-0.2, -0.15) is 0 Å². The van der Waals surface area contributed by atoms with Crippen molar-refractivity contribution >= 4 is 21.6 Å². The highest BCUT2D eigenvalue weighted by molar-refractivity contribution is 7.92. The van der Waals surface area contributed by atoms with Gasteiger partial charge in [0.2, 0.25) is 15.9 Å². The van der Waals surface area contributed by atoms with Crippen molar-refractivity contribution in [2.75, 3.05) is 10.6 Å². The molecule has 1 fully saturated rings. The van der Waals surface area contributed by atoms with Crippen LogP contribution in [0.3, 0.4) is 0 Å². The lowest BCUT2D eigenvalue weighted by Crippen LogP contribution is -2.51. The number of carbonyl (C=O) groups excluding carboxylic acids is 1. The predicted molar refractivity (Wildman–Crippen MR) is 112 cm³/mol. The van der Waals surface area contributed by atoms with Crippen LogP contribution >= 0.6 is 0 Å². The van der Waals surface area contributed by atoms with E-state index in [2.05, 4.69) is 5.32 Å². The van der Waals surface area contributed by atoms with Gasteiger partial charge in [0.15, 0.2) is 0 Å². The molecular weight excluding hydrogens is 360 g/mol. The summed E-state index contributed by atoms with van der Waals surface area (Å²) in [7, 11) is -3.59. The zero-order valence-electron chi connectivity index (χ0n) is 17.1. The molecule has 1 amide bonds. The van der Waals surface area contributed by atoms with Crippen molar-refractivity contribution < 1.29 is 13.2 Å². The van der Waals surface area contributed by atoms with Gasteiger partial charge in [-0.1, -0.05) is 45.1 Å². The molecule has 0 spiro atoms. The average molecular weight is 395 g/mol. The zero-order valence-corrected chi connectivity index (χ0v) is 17.9. The summed E-state index contributed by atoms with van der Waals surface area (Å²) in [5.74, 6) is -0.187.